The number of imidazole rings is 1. The van der Waals surface area contributed by atoms with Crippen molar-refractivity contribution in [3.8, 4) is 17.1 Å². The molecule has 0 radical (unpaired) electrons. The molecule has 2 aromatic rings. The number of nitrogens with zero attached hydrogens (tertiary/aromatic N) is 3. The summed E-state index contributed by atoms with van der Waals surface area (Å²) in [6, 6.07) is 4.04. The van der Waals surface area contributed by atoms with Crippen molar-refractivity contribution in [3.63, 3.8) is 0 Å². The summed E-state index contributed by atoms with van der Waals surface area (Å²) >= 11 is 6.16. The van der Waals surface area contributed by atoms with Crippen LogP contribution in [0.5, 0.6) is 5.75 Å². The second-order valence-corrected chi connectivity index (χ2v) is 9.46. The van der Waals surface area contributed by atoms with E-state index < -0.39 is 17.4 Å². The molecule has 8 nitrogen and oxygen atoms in total. The normalized spacial score (nSPS) is 15.7. The first-order valence-electron chi connectivity index (χ1n) is 10.3. The Morgan fingerprint density at radius 1 is 1.26 bits per heavy atom. The molecule has 0 bridgehead atoms. The lowest BCUT2D eigenvalue weighted by Gasteiger charge is -2.29. The van der Waals surface area contributed by atoms with E-state index in [1.165, 1.54) is 6.07 Å². The molecule has 9 heteroatoms. The number of nitrogens with one attached hydrogen (secondary N) is 2. The average molecular weight is 448 g/mol. The fourth-order valence-corrected chi connectivity index (χ4v) is 3.99. The smallest absolute Gasteiger partial charge is 0.272 e. The van der Waals surface area contributed by atoms with Crippen LogP contribution < -0.4 is 10.6 Å². The van der Waals surface area contributed by atoms with E-state index in [1.807, 2.05) is 32.4 Å². The molecule has 0 aliphatic carbocycles. The van der Waals surface area contributed by atoms with Gasteiger partial charge in [-0.2, -0.15) is 0 Å². The highest BCUT2D eigenvalue weighted by Crippen LogP contribution is 2.34. The summed E-state index contributed by atoms with van der Waals surface area (Å²) in [5, 5.41) is 16.4. The van der Waals surface area contributed by atoms with Crippen LogP contribution in [0.2, 0.25) is 5.02 Å². The Balaban J connectivity index is 2.10. The van der Waals surface area contributed by atoms with Gasteiger partial charge in [-0.1, -0.05) is 32.4 Å². The molecule has 1 aromatic carbocycles. The quantitative estimate of drug-likeness (QED) is 0.669. The molecule has 0 saturated carbocycles. The highest BCUT2D eigenvalue weighted by molar-refractivity contribution is 6.30. The predicted molar refractivity (Wildman–Crippen MR) is 120 cm³/mol. The number of phenols is 1. The maximum Gasteiger partial charge on any atom is 0.272 e. The Morgan fingerprint density at radius 3 is 2.61 bits per heavy atom. The van der Waals surface area contributed by atoms with Crippen LogP contribution in [0.4, 0.5) is 0 Å². The summed E-state index contributed by atoms with van der Waals surface area (Å²) in [6.45, 7) is 7.72. The molecule has 3 rings (SSSR count). The van der Waals surface area contributed by atoms with E-state index in [0.29, 0.717) is 29.5 Å². The summed E-state index contributed by atoms with van der Waals surface area (Å²) in [6.07, 6.45) is 0.873. The fraction of sp³-hybridized carbons (Fsp3) is 0.500. The van der Waals surface area contributed by atoms with Gasteiger partial charge >= 0.3 is 0 Å². The molecule has 31 heavy (non-hydrogen) atoms. The Kier molecular flexibility index (Phi) is 6.62. The number of fused-ring (bicyclic) bond motifs is 1. The SMILES string of the molecule is CNC(=O)C(NC(=O)c1nc(-c2cc(Cl)ccc2O)n2c1CN(C)CCC2)C(C)(C)C. The third-order valence-electron chi connectivity index (χ3n) is 5.48. The van der Waals surface area contributed by atoms with Gasteiger partial charge in [0.15, 0.2) is 5.69 Å². The Bertz CT molecular complexity index is 996. The van der Waals surface area contributed by atoms with Crippen molar-refractivity contribution >= 4 is 23.4 Å². The second-order valence-electron chi connectivity index (χ2n) is 9.02. The zero-order valence-corrected chi connectivity index (χ0v) is 19.4. The van der Waals surface area contributed by atoms with Crippen molar-refractivity contribution in [1.82, 2.24) is 25.1 Å². The van der Waals surface area contributed by atoms with Crippen molar-refractivity contribution in [2.75, 3.05) is 20.6 Å². The Morgan fingerprint density at radius 2 is 1.97 bits per heavy atom. The van der Waals surface area contributed by atoms with E-state index in [0.717, 1.165) is 18.7 Å². The average Bonchev–Trinajstić information content (AvgIpc) is 2.92. The van der Waals surface area contributed by atoms with Gasteiger partial charge in [0, 0.05) is 25.2 Å². The van der Waals surface area contributed by atoms with E-state index in [1.54, 1.807) is 19.2 Å². The van der Waals surface area contributed by atoms with Gasteiger partial charge in [0.2, 0.25) is 5.91 Å². The highest BCUT2D eigenvalue weighted by Gasteiger charge is 2.35. The van der Waals surface area contributed by atoms with Crippen LogP contribution in [-0.2, 0) is 17.9 Å². The first-order valence-corrected chi connectivity index (χ1v) is 10.7. The lowest BCUT2D eigenvalue weighted by Crippen LogP contribution is -2.53. The van der Waals surface area contributed by atoms with Gasteiger partial charge in [0.25, 0.3) is 5.91 Å². The Hall–Kier alpha value is -2.58. The first-order chi connectivity index (χ1) is 14.5. The minimum absolute atomic E-state index is 0.0414. The van der Waals surface area contributed by atoms with E-state index >= 15 is 0 Å². The molecule has 1 aliphatic rings. The van der Waals surface area contributed by atoms with Gasteiger partial charge in [-0.05, 0) is 43.6 Å². The number of benzene rings is 1. The number of rotatable bonds is 4. The minimum atomic E-state index is -0.728. The van der Waals surface area contributed by atoms with Gasteiger partial charge < -0.3 is 25.2 Å². The number of phenolic OH excluding ortho intramolecular Hbond substituents is 1. The molecule has 168 valence electrons. The minimum Gasteiger partial charge on any atom is -0.507 e. The molecule has 1 unspecified atom stereocenters. The maximum absolute atomic E-state index is 13.3. The lowest BCUT2D eigenvalue weighted by atomic mass is 9.86. The van der Waals surface area contributed by atoms with Crippen LogP contribution >= 0.6 is 11.6 Å². The predicted octanol–water partition coefficient (Wildman–Crippen LogP) is 2.64. The van der Waals surface area contributed by atoms with Crippen LogP contribution in [-0.4, -0.2) is 58.1 Å². The molecule has 3 N–H and O–H groups in total. The molecular formula is C22H30ClN5O3. The van der Waals surface area contributed by atoms with Gasteiger partial charge in [0.05, 0.1) is 11.3 Å². The van der Waals surface area contributed by atoms with Gasteiger partial charge in [0.1, 0.15) is 17.6 Å². The van der Waals surface area contributed by atoms with E-state index in [4.69, 9.17) is 11.6 Å². The number of halogens is 1. The number of aromatic nitrogens is 2. The molecule has 0 saturated heterocycles. The lowest BCUT2D eigenvalue weighted by molar-refractivity contribution is -0.124. The van der Waals surface area contributed by atoms with E-state index in [-0.39, 0.29) is 17.4 Å². The summed E-state index contributed by atoms with van der Waals surface area (Å²) in [7, 11) is 3.54. The molecule has 1 aliphatic heterocycles. The topological polar surface area (TPSA) is 99.5 Å². The summed E-state index contributed by atoms with van der Waals surface area (Å²) in [5.41, 5.74) is 0.978. The molecule has 2 amide bonds. The summed E-state index contributed by atoms with van der Waals surface area (Å²) in [4.78, 5) is 32.5. The van der Waals surface area contributed by atoms with Crippen LogP contribution in [0.25, 0.3) is 11.4 Å². The third kappa shape index (κ3) is 4.85. The number of hydrogen-bond donors (Lipinski definition) is 3. The summed E-state index contributed by atoms with van der Waals surface area (Å²) in [5.74, 6) is -0.159. The summed E-state index contributed by atoms with van der Waals surface area (Å²) < 4.78 is 1.97. The van der Waals surface area contributed by atoms with Crippen LogP contribution in [0, 0.1) is 5.41 Å². The number of carbonyl (C=O) groups excluding carboxylic acids is 2. The molecule has 0 spiro atoms. The molecule has 2 heterocycles. The van der Waals surface area contributed by atoms with E-state index in [2.05, 4.69) is 20.5 Å². The largest absolute Gasteiger partial charge is 0.507 e. The molecule has 0 fully saturated rings. The number of amides is 2. The zero-order chi connectivity index (χ0) is 22.9. The second kappa shape index (κ2) is 8.88. The monoisotopic (exact) mass is 447 g/mol. The van der Waals surface area contributed by atoms with Gasteiger partial charge in [-0.25, -0.2) is 4.98 Å². The van der Waals surface area contributed by atoms with E-state index in [9.17, 15) is 14.7 Å². The first kappa shape index (κ1) is 23.1. The maximum atomic E-state index is 13.3. The van der Waals surface area contributed by atoms with Crippen LogP contribution in [0.1, 0.15) is 43.4 Å². The number of likely N-dealkylation sites (N-methyl/N-ethyl adjacent to an activating group) is 1. The number of aromatic hydroxyl groups is 1. The standard InChI is InChI=1S/C22H30ClN5O3/c1-22(2,3)18(21(31)24-4)26-20(30)17-15-12-27(5)9-6-10-28(15)19(25-17)14-11-13(23)7-8-16(14)29/h7-8,11,18,29H,6,9-10,12H2,1-5H3,(H,24,31)(H,26,30). The Labute approximate surface area is 187 Å². The molecular weight excluding hydrogens is 418 g/mol. The highest BCUT2D eigenvalue weighted by atomic mass is 35.5. The number of carbonyl (C=O) groups is 2. The van der Waals surface area contributed by atoms with Crippen molar-refractivity contribution in [2.24, 2.45) is 5.41 Å². The zero-order valence-electron chi connectivity index (χ0n) is 18.6. The van der Waals surface area contributed by atoms with Crippen molar-refractivity contribution in [1.29, 1.82) is 0 Å². The third-order valence-corrected chi connectivity index (χ3v) is 5.71. The molecule has 1 atom stereocenters. The molecule has 1 aromatic heterocycles. The van der Waals surface area contributed by atoms with Gasteiger partial charge in [-0.3, -0.25) is 9.59 Å². The van der Waals surface area contributed by atoms with Crippen molar-refractivity contribution < 1.29 is 14.7 Å². The number of hydrogen-bond acceptors (Lipinski definition) is 5. The van der Waals surface area contributed by atoms with Crippen molar-refractivity contribution in [3.05, 3.63) is 34.6 Å². The van der Waals surface area contributed by atoms with Gasteiger partial charge in [-0.15, -0.1) is 0 Å². The van der Waals surface area contributed by atoms with Crippen molar-refractivity contribution in [2.45, 2.75) is 46.3 Å². The van der Waals surface area contributed by atoms with Crippen LogP contribution in [0.15, 0.2) is 18.2 Å². The van der Waals surface area contributed by atoms with Crippen LogP contribution in [0.3, 0.4) is 0 Å². The fourth-order valence-electron chi connectivity index (χ4n) is 3.81.